The van der Waals surface area contributed by atoms with Crippen LogP contribution < -0.4 is 10.1 Å². The standard InChI is InChI=1S/C19H14BrN3OS/c1-24-17-8-2-13(3-9-17)18-12-25-19(23-18)14(10-21)11-22-16-6-4-15(20)5-7-16/h2-9,11-12,22H,1H3/b14-11+. The molecule has 0 aliphatic rings. The third-order valence-corrected chi connectivity index (χ3v) is 4.87. The Kier molecular flexibility index (Phi) is 5.49. The number of allylic oxidation sites excluding steroid dienone is 1. The lowest BCUT2D eigenvalue weighted by Crippen LogP contribution is -1.91. The highest BCUT2D eigenvalue weighted by molar-refractivity contribution is 9.10. The van der Waals surface area contributed by atoms with Crippen LogP contribution in [-0.2, 0) is 0 Å². The summed E-state index contributed by atoms with van der Waals surface area (Å²) in [6, 6.07) is 17.6. The number of thiazole rings is 1. The number of halogens is 1. The van der Waals surface area contributed by atoms with E-state index in [1.54, 1.807) is 13.3 Å². The third-order valence-electron chi connectivity index (χ3n) is 3.47. The van der Waals surface area contributed by atoms with E-state index in [2.05, 4.69) is 32.3 Å². The molecule has 1 N–H and O–H groups in total. The lowest BCUT2D eigenvalue weighted by Gasteiger charge is -2.02. The maximum atomic E-state index is 9.43. The summed E-state index contributed by atoms with van der Waals surface area (Å²) < 4.78 is 6.17. The highest BCUT2D eigenvalue weighted by atomic mass is 79.9. The fourth-order valence-corrected chi connectivity index (χ4v) is 3.19. The van der Waals surface area contributed by atoms with Crippen molar-refractivity contribution in [3.63, 3.8) is 0 Å². The van der Waals surface area contributed by atoms with Gasteiger partial charge in [0.2, 0.25) is 0 Å². The van der Waals surface area contributed by atoms with E-state index in [1.807, 2.05) is 53.9 Å². The number of anilines is 1. The molecule has 25 heavy (non-hydrogen) atoms. The second kappa shape index (κ2) is 7.97. The Balaban J connectivity index is 1.79. The van der Waals surface area contributed by atoms with E-state index in [0.29, 0.717) is 10.6 Å². The molecule has 0 amide bonds. The molecule has 0 bridgehead atoms. The van der Waals surface area contributed by atoms with Crippen molar-refractivity contribution in [2.24, 2.45) is 0 Å². The van der Waals surface area contributed by atoms with Gasteiger partial charge in [0, 0.05) is 27.3 Å². The number of nitriles is 1. The number of nitrogens with zero attached hydrogens (tertiary/aromatic N) is 2. The van der Waals surface area contributed by atoms with Crippen LogP contribution in [0.4, 0.5) is 5.69 Å². The molecule has 2 aromatic carbocycles. The zero-order valence-corrected chi connectivity index (χ0v) is 15.8. The zero-order chi connectivity index (χ0) is 17.6. The number of hydrogen-bond donors (Lipinski definition) is 1. The molecular formula is C19H14BrN3OS. The van der Waals surface area contributed by atoms with Crippen LogP contribution in [0.15, 0.2) is 64.6 Å². The van der Waals surface area contributed by atoms with Gasteiger partial charge in [0.05, 0.1) is 12.8 Å². The first kappa shape index (κ1) is 17.2. The second-order valence-electron chi connectivity index (χ2n) is 5.09. The maximum absolute atomic E-state index is 9.43. The van der Waals surface area contributed by atoms with E-state index in [4.69, 9.17) is 4.74 Å². The molecule has 3 rings (SSSR count). The van der Waals surface area contributed by atoms with Crippen LogP contribution in [0.1, 0.15) is 5.01 Å². The van der Waals surface area contributed by atoms with Gasteiger partial charge in [0.15, 0.2) is 0 Å². The van der Waals surface area contributed by atoms with Crippen LogP contribution in [0.2, 0.25) is 0 Å². The Morgan fingerprint density at radius 2 is 1.92 bits per heavy atom. The number of ether oxygens (including phenoxy) is 1. The van der Waals surface area contributed by atoms with Crippen molar-refractivity contribution in [2.75, 3.05) is 12.4 Å². The molecule has 6 heteroatoms. The molecule has 0 fully saturated rings. The third kappa shape index (κ3) is 4.27. The van der Waals surface area contributed by atoms with Crippen molar-refractivity contribution in [2.45, 2.75) is 0 Å². The number of methoxy groups -OCH3 is 1. The van der Waals surface area contributed by atoms with E-state index in [1.165, 1.54) is 11.3 Å². The summed E-state index contributed by atoms with van der Waals surface area (Å²) in [5.74, 6) is 0.801. The van der Waals surface area contributed by atoms with Crippen LogP contribution in [0.3, 0.4) is 0 Å². The van der Waals surface area contributed by atoms with Crippen LogP contribution in [0.5, 0.6) is 5.75 Å². The van der Waals surface area contributed by atoms with E-state index in [0.717, 1.165) is 27.2 Å². The summed E-state index contributed by atoms with van der Waals surface area (Å²) in [5.41, 5.74) is 3.23. The van der Waals surface area contributed by atoms with Gasteiger partial charge in [-0.05, 0) is 48.5 Å². The quantitative estimate of drug-likeness (QED) is 0.558. The van der Waals surface area contributed by atoms with Crippen molar-refractivity contribution in [3.05, 3.63) is 69.6 Å². The normalized spacial score (nSPS) is 11.0. The molecule has 4 nitrogen and oxygen atoms in total. The van der Waals surface area contributed by atoms with Gasteiger partial charge in [0.1, 0.15) is 22.4 Å². The van der Waals surface area contributed by atoms with Gasteiger partial charge in [-0.1, -0.05) is 15.9 Å². The molecule has 0 saturated heterocycles. The predicted molar refractivity (Wildman–Crippen MR) is 105 cm³/mol. The van der Waals surface area contributed by atoms with Crippen molar-refractivity contribution in [1.82, 2.24) is 4.98 Å². The Labute approximate surface area is 158 Å². The first-order valence-corrected chi connectivity index (χ1v) is 9.09. The number of rotatable bonds is 5. The van der Waals surface area contributed by atoms with Crippen LogP contribution in [0, 0.1) is 11.3 Å². The lowest BCUT2D eigenvalue weighted by atomic mass is 10.2. The molecule has 0 aliphatic heterocycles. The predicted octanol–water partition coefficient (Wildman–Crippen LogP) is 5.56. The highest BCUT2D eigenvalue weighted by Gasteiger charge is 2.09. The van der Waals surface area contributed by atoms with Gasteiger partial charge in [-0.15, -0.1) is 11.3 Å². The topological polar surface area (TPSA) is 57.9 Å². The Hall–Kier alpha value is -2.62. The summed E-state index contributed by atoms with van der Waals surface area (Å²) in [6.45, 7) is 0. The first-order valence-electron chi connectivity index (χ1n) is 7.42. The van der Waals surface area contributed by atoms with Crippen LogP contribution in [0.25, 0.3) is 16.8 Å². The Morgan fingerprint density at radius 1 is 1.20 bits per heavy atom. The van der Waals surface area contributed by atoms with Crippen LogP contribution >= 0.6 is 27.3 Å². The van der Waals surface area contributed by atoms with Gasteiger partial charge in [0.25, 0.3) is 0 Å². The van der Waals surface area contributed by atoms with E-state index < -0.39 is 0 Å². The van der Waals surface area contributed by atoms with Crippen molar-refractivity contribution in [1.29, 1.82) is 5.26 Å². The average Bonchev–Trinajstić information content (AvgIpc) is 3.14. The largest absolute Gasteiger partial charge is 0.497 e. The minimum absolute atomic E-state index is 0.493. The fourth-order valence-electron chi connectivity index (χ4n) is 2.14. The van der Waals surface area contributed by atoms with E-state index in [9.17, 15) is 5.26 Å². The molecule has 0 spiro atoms. The second-order valence-corrected chi connectivity index (χ2v) is 6.86. The average molecular weight is 412 g/mol. The summed E-state index contributed by atoms with van der Waals surface area (Å²) in [6.07, 6.45) is 1.68. The number of hydrogen-bond acceptors (Lipinski definition) is 5. The van der Waals surface area contributed by atoms with Crippen molar-refractivity contribution >= 4 is 38.5 Å². The fraction of sp³-hybridized carbons (Fsp3) is 0.0526. The number of benzene rings is 2. The van der Waals surface area contributed by atoms with Crippen molar-refractivity contribution in [3.8, 4) is 23.1 Å². The zero-order valence-electron chi connectivity index (χ0n) is 13.4. The Morgan fingerprint density at radius 3 is 2.56 bits per heavy atom. The van der Waals surface area contributed by atoms with Gasteiger partial charge in [-0.2, -0.15) is 5.26 Å². The summed E-state index contributed by atoms with van der Waals surface area (Å²) in [7, 11) is 1.64. The SMILES string of the molecule is COc1ccc(-c2csc(/C(C#N)=C/Nc3ccc(Br)cc3)n2)cc1. The highest BCUT2D eigenvalue weighted by Crippen LogP contribution is 2.27. The molecule has 0 aliphatic carbocycles. The first-order chi connectivity index (χ1) is 12.2. The van der Waals surface area contributed by atoms with Gasteiger partial charge in [-0.25, -0.2) is 4.98 Å². The number of aromatic nitrogens is 1. The molecule has 124 valence electrons. The number of nitrogens with one attached hydrogen (secondary N) is 1. The van der Waals surface area contributed by atoms with E-state index in [-0.39, 0.29) is 0 Å². The smallest absolute Gasteiger partial charge is 0.136 e. The van der Waals surface area contributed by atoms with E-state index >= 15 is 0 Å². The minimum atomic E-state index is 0.493. The van der Waals surface area contributed by atoms with Crippen molar-refractivity contribution < 1.29 is 4.74 Å². The summed E-state index contributed by atoms with van der Waals surface area (Å²) >= 11 is 4.84. The minimum Gasteiger partial charge on any atom is -0.497 e. The van der Waals surface area contributed by atoms with Gasteiger partial charge < -0.3 is 10.1 Å². The summed E-state index contributed by atoms with van der Waals surface area (Å²) in [5, 5.41) is 15.2. The molecule has 0 atom stereocenters. The molecule has 1 heterocycles. The summed E-state index contributed by atoms with van der Waals surface area (Å²) in [4.78, 5) is 4.57. The molecule has 3 aromatic rings. The van der Waals surface area contributed by atoms with Gasteiger partial charge >= 0.3 is 0 Å². The molecule has 0 saturated carbocycles. The monoisotopic (exact) mass is 411 g/mol. The maximum Gasteiger partial charge on any atom is 0.136 e. The molecule has 1 aromatic heterocycles. The Bertz CT molecular complexity index is 925. The van der Waals surface area contributed by atoms with Gasteiger partial charge in [-0.3, -0.25) is 0 Å². The lowest BCUT2D eigenvalue weighted by molar-refractivity contribution is 0.415. The molecule has 0 radical (unpaired) electrons. The van der Waals surface area contributed by atoms with Crippen LogP contribution in [-0.4, -0.2) is 12.1 Å². The molecule has 0 unspecified atom stereocenters. The molecular weight excluding hydrogens is 398 g/mol.